The van der Waals surface area contributed by atoms with Crippen LogP contribution in [0.3, 0.4) is 0 Å². The molecule has 0 heterocycles. The van der Waals surface area contributed by atoms with E-state index in [0.29, 0.717) is 0 Å². The lowest BCUT2D eigenvalue weighted by molar-refractivity contribution is -0.849. The van der Waals surface area contributed by atoms with Crippen molar-refractivity contribution < 1.29 is 55.1 Å². The van der Waals surface area contributed by atoms with E-state index in [1.165, 1.54) is 0 Å². The summed E-state index contributed by atoms with van der Waals surface area (Å²) in [5.41, 5.74) is 0. The number of nitrogens with zero attached hydrogens (tertiary/aromatic N) is 6. The predicted octanol–water partition coefficient (Wildman–Crippen LogP) is -16.0. The average Bonchev–Trinajstić information content (AvgIpc) is 1.94. The van der Waals surface area contributed by atoms with Crippen LogP contribution in [0.1, 0.15) is 0 Å². The SMILES string of the molecule is C[N+](C)(C)C.C[N+](C)(C)C.C[N+](C)(C)C.C[N+](C)(C)C.C[N+](C)(C)C.C[N+](C)(C)C.[F-].[F-].[F-].[F-].[F-].[F-]. The molecule has 0 aliphatic heterocycles. The Balaban J connectivity index is -0.0000000186. The van der Waals surface area contributed by atoms with Crippen LogP contribution in [-0.2, 0) is 0 Å². The molecule has 0 aromatic heterocycles. The molecule has 0 aromatic rings. The number of rotatable bonds is 0. The monoisotopic (exact) mass is 559 g/mol. The van der Waals surface area contributed by atoms with Crippen molar-refractivity contribution in [3.8, 4) is 0 Å². The van der Waals surface area contributed by atoms with Gasteiger partial charge in [-0.2, -0.15) is 0 Å². The highest BCUT2D eigenvalue weighted by Crippen LogP contribution is 1.75. The Morgan fingerprint density at radius 1 is 0.139 bits per heavy atom. The van der Waals surface area contributed by atoms with Gasteiger partial charge in [-0.15, -0.1) is 0 Å². The Labute approximate surface area is 224 Å². The summed E-state index contributed by atoms with van der Waals surface area (Å²) in [4.78, 5) is 0. The molecule has 0 aromatic carbocycles. The maximum absolute atomic E-state index is 2.12. The summed E-state index contributed by atoms with van der Waals surface area (Å²) in [7, 11) is 51.0. The molecule has 0 N–H and O–H groups in total. The second-order valence-corrected chi connectivity index (χ2v) is 16.1. The van der Waals surface area contributed by atoms with E-state index in [-0.39, 0.29) is 28.2 Å². The fraction of sp³-hybridized carbons (Fsp3) is 1.00. The van der Waals surface area contributed by atoms with Gasteiger partial charge in [0.25, 0.3) is 0 Å². The highest BCUT2D eigenvalue weighted by molar-refractivity contribution is 3.89. The van der Waals surface area contributed by atoms with Gasteiger partial charge in [0, 0.05) is 0 Å². The second-order valence-electron chi connectivity index (χ2n) is 16.1. The molecule has 240 valence electrons. The van der Waals surface area contributed by atoms with E-state index >= 15 is 0 Å². The van der Waals surface area contributed by atoms with Crippen LogP contribution < -0.4 is 28.2 Å². The first-order chi connectivity index (χ1) is 12.0. The van der Waals surface area contributed by atoms with Gasteiger partial charge in [-0.05, 0) is 0 Å². The fourth-order valence-electron chi connectivity index (χ4n) is 0. The third-order valence-corrected chi connectivity index (χ3v) is 0. The molecule has 0 aliphatic carbocycles. The largest absolute Gasteiger partial charge is 1.00 e. The Hall–Kier alpha value is -0.660. The average molecular weight is 559 g/mol. The van der Waals surface area contributed by atoms with Gasteiger partial charge in [-0.25, -0.2) is 0 Å². The van der Waals surface area contributed by atoms with Crippen LogP contribution >= 0.6 is 0 Å². The van der Waals surface area contributed by atoms with E-state index in [0.717, 1.165) is 26.9 Å². The summed E-state index contributed by atoms with van der Waals surface area (Å²) in [5.74, 6) is 0. The maximum atomic E-state index is 2.12. The lowest BCUT2D eigenvalue weighted by Gasteiger charge is -2.14. The molecule has 0 atom stereocenters. The molecule has 36 heavy (non-hydrogen) atoms. The summed E-state index contributed by atoms with van der Waals surface area (Å²) < 4.78 is 6.00. The van der Waals surface area contributed by atoms with Crippen molar-refractivity contribution in [1.29, 1.82) is 0 Å². The van der Waals surface area contributed by atoms with Crippen molar-refractivity contribution in [1.82, 2.24) is 0 Å². The molecule has 0 saturated heterocycles. The zero-order chi connectivity index (χ0) is 27.0. The molecule has 0 unspecified atom stereocenters. The van der Waals surface area contributed by atoms with Gasteiger partial charge in [0.1, 0.15) is 0 Å². The quantitative estimate of drug-likeness (QED) is 0.205. The van der Waals surface area contributed by atoms with Crippen LogP contribution in [-0.4, -0.2) is 196 Å². The van der Waals surface area contributed by atoms with E-state index in [9.17, 15) is 0 Å². The van der Waals surface area contributed by atoms with E-state index in [2.05, 4.69) is 169 Å². The molecule has 12 heteroatoms. The van der Waals surface area contributed by atoms with Gasteiger partial charge in [0.15, 0.2) is 0 Å². The maximum Gasteiger partial charge on any atom is 0.0675 e. The minimum atomic E-state index is 0. The van der Waals surface area contributed by atoms with E-state index < -0.39 is 0 Å². The van der Waals surface area contributed by atoms with Crippen molar-refractivity contribution in [2.75, 3.05) is 169 Å². The molecule has 0 amide bonds. The fourth-order valence-corrected chi connectivity index (χ4v) is 0. The summed E-state index contributed by atoms with van der Waals surface area (Å²) >= 11 is 0. The molecular weight excluding hydrogens is 486 g/mol. The third-order valence-electron chi connectivity index (χ3n) is 0. The van der Waals surface area contributed by atoms with Gasteiger partial charge < -0.3 is 55.1 Å². The summed E-state index contributed by atoms with van der Waals surface area (Å²) in [6.45, 7) is 0. The van der Waals surface area contributed by atoms with Crippen LogP contribution in [0.5, 0.6) is 0 Å². The number of hydrogen-bond acceptors (Lipinski definition) is 0. The van der Waals surface area contributed by atoms with Gasteiger partial charge >= 0.3 is 0 Å². The van der Waals surface area contributed by atoms with Crippen LogP contribution in [0, 0.1) is 0 Å². The molecule has 0 spiro atoms. The van der Waals surface area contributed by atoms with Gasteiger partial charge in [-0.1, -0.05) is 0 Å². The van der Waals surface area contributed by atoms with Gasteiger partial charge in [0.05, 0.1) is 169 Å². The van der Waals surface area contributed by atoms with Crippen molar-refractivity contribution in [2.24, 2.45) is 0 Å². The highest BCUT2D eigenvalue weighted by Gasteiger charge is 1.90. The summed E-state index contributed by atoms with van der Waals surface area (Å²) in [6.07, 6.45) is 0. The zero-order valence-electron chi connectivity index (χ0n) is 29.0. The highest BCUT2D eigenvalue weighted by atomic mass is 19.0. The van der Waals surface area contributed by atoms with Crippen LogP contribution in [0.15, 0.2) is 0 Å². The molecule has 0 fully saturated rings. The van der Waals surface area contributed by atoms with Crippen LogP contribution in [0.25, 0.3) is 0 Å². The number of hydrogen-bond donors (Lipinski definition) is 0. The Morgan fingerprint density at radius 2 is 0.139 bits per heavy atom. The molecular formula is C24H72F6N6. The predicted molar refractivity (Wildman–Crippen MR) is 144 cm³/mol. The van der Waals surface area contributed by atoms with E-state index in [4.69, 9.17) is 0 Å². The first kappa shape index (κ1) is 76.5. The Morgan fingerprint density at radius 3 is 0.139 bits per heavy atom. The summed E-state index contributed by atoms with van der Waals surface area (Å²) in [6, 6.07) is 0. The second kappa shape index (κ2) is 30.6. The zero-order valence-corrected chi connectivity index (χ0v) is 29.0. The normalized spacial score (nSPS) is 10.0. The van der Waals surface area contributed by atoms with E-state index in [1.54, 1.807) is 0 Å². The molecule has 0 bridgehead atoms. The van der Waals surface area contributed by atoms with Crippen molar-refractivity contribution in [3.63, 3.8) is 0 Å². The lowest BCUT2D eigenvalue weighted by atomic mass is 10.8. The van der Waals surface area contributed by atoms with Crippen LogP contribution in [0.2, 0.25) is 0 Å². The van der Waals surface area contributed by atoms with Gasteiger partial charge in [0.2, 0.25) is 0 Å². The molecule has 0 rings (SSSR count). The summed E-state index contributed by atoms with van der Waals surface area (Å²) in [5, 5.41) is 0. The Kier molecular flexibility index (Phi) is 64.9. The molecule has 0 radical (unpaired) electrons. The molecule has 0 saturated carbocycles. The minimum Gasteiger partial charge on any atom is -1.00 e. The molecule has 6 nitrogen and oxygen atoms in total. The first-order valence-electron chi connectivity index (χ1n) is 10.7. The third kappa shape index (κ3) is 80000. The van der Waals surface area contributed by atoms with Gasteiger partial charge in [-0.3, -0.25) is 0 Å². The van der Waals surface area contributed by atoms with Crippen LogP contribution in [0.4, 0.5) is 0 Å². The smallest absolute Gasteiger partial charge is 0.0675 e. The molecule has 0 aliphatic rings. The van der Waals surface area contributed by atoms with Crippen molar-refractivity contribution in [3.05, 3.63) is 0 Å². The van der Waals surface area contributed by atoms with Crippen molar-refractivity contribution in [2.45, 2.75) is 0 Å². The number of quaternary nitrogens is 6. The topological polar surface area (TPSA) is 0 Å². The lowest BCUT2D eigenvalue weighted by Crippen LogP contribution is -3.00. The minimum absolute atomic E-state index is 0. The van der Waals surface area contributed by atoms with Crippen molar-refractivity contribution >= 4 is 0 Å². The Bertz CT molecular complexity index is 231. The number of halogens is 6. The first-order valence-corrected chi connectivity index (χ1v) is 10.7. The van der Waals surface area contributed by atoms with E-state index in [1.807, 2.05) is 0 Å². The standard InChI is InChI=1S/6C4H12N.6FH/c6*1-5(2,3)4;;;;;;/h6*1-4H3;6*1H/q6*+1;;;;;;/p-6.